The summed E-state index contributed by atoms with van der Waals surface area (Å²) in [6, 6.07) is 10.7. The van der Waals surface area contributed by atoms with E-state index in [1.807, 2.05) is 26.8 Å². The molecule has 0 radical (unpaired) electrons. The molecule has 1 atom stereocenters. The molecular weight excluding hydrogens is 460 g/mol. The molecule has 34 heavy (non-hydrogen) atoms. The van der Waals surface area contributed by atoms with Gasteiger partial charge in [0.1, 0.15) is 17.6 Å². The molecule has 2 heterocycles. The lowest BCUT2D eigenvalue weighted by molar-refractivity contribution is -0.132. The molecule has 1 amide bonds. The number of halogens is 2. The Kier molecular flexibility index (Phi) is 6.03. The molecule has 1 fully saturated rings. The molecule has 5 nitrogen and oxygen atoms in total. The fraction of sp³-hybridized carbons (Fsp3) is 0.231. The SMILES string of the molecule is COc1ccc(C(C)(C)C)cc1/C(O)=C1\C(=O)C(=O)N(c2ccc(F)c(F)c2)C1c1cccs1. The second-order valence-electron chi connectivity index (χ2n) is 8.95. The van der Waals surface area contributed by atoms with E-state index in [1.165, 1.54) is 24.5 Å². The number of thiophene rings is 1. The van der Waals surface area contributed by atoms with E-state index in [0.717, 1.165) is 22.6 Å². The molecule has 1 saturated heterocycles. The number of carbonyl (C=O) groups is 2. The molecule has 0 saturated carbocycles. The first-order chi connectivity index (χ1) is 16.0. The zero-order valence-electron chi connectivity index (χ0n) is 19.1. The highest BCUT2D eigenvalue weighted by Gasteiger charge is 2.48. The summed E-state index contributed by atoms with van der Waals surface area (Å²) in [7, 11) is 1.44. The summed E-state index contributed by atoms with van der Waals surface area (Å²) < 4.78 is 33.0. The Hall–Kier alpha value is -3.52. The van der Waals surface area contributed by atoms with E-state index in [9.17, 15) is 23.5 Å². The van der Waals surface area contributed by atoms with Crippen LogP contribution in [0.5, 0.6) is 5.75 Å². The molecule has 0 spiro atoms. The van der Waals surface area contributed by atoms with Gasteiger partial charge in [0, 0.05) is 16.6 Å². The summed E-state index contributed by atoms with van der Waals surface area (Å²) in [6.45, 7) is 6.02. The van der Waals surface area contributed by atoms with Crippen LogP contribution in [0.15, 0.2) is 59.5 Å². The normalized spacial score (nSPS) is 17.9. The first-order valence-electron chi connectivity index (χ1n) is 10.5. The molecule has 3 aromatic rings. The molecule has 2 aromatic carbocycles. The largest absolute Gasteiger partial charge is 0.507 e. The number of ketones is 1. The van der Waals surface area contributed by atoms with E-state index >= 15 is 0 Å². The first-order valence-corrected chi connectivity index (χ1v) is 11.4. The lowest BCUT2D eigenvalue weighted by Gasteiger charge is -2.25. The second kappa shape index (κ2) is 8.68. The maximum Gasteiger partial charge on any atom is 0.300 e. The van der Waals surface area contributed by atoms with Crippen LogP contribution in [-0.4, -0.2) is 23.9 Å². The van der Waals surface area contributed by atoms with Crippen molar-refractivity contribution >= 4 is 34.5 Å². The summed E-state index contributed by atoms with van der Waals surface area (Å²) in [6.07, 6.45) is 0. The van der Waals surface area contributed by atoms with Gasteiger partial charge in [0.25, 0.3) is 11.7 Å². The smallest absolute Gasteiger partial charge is 0.300 e. The van der Waals surface area contributed by atoms with Crippen LogP contribution in [0.25, 0.3) is 5.76 Å². The molecule has 8 heteroatoms. The molecule has 1 unspecified atom stereocenters. The lowest BCUT2D eigenvalue weighted by Crippen LogP contribution is -2.29. The van der Waals surface area contributed by atoms with Crippen LogP contribution in [0.4, 0.5) is 14.5 Å². The lowest BCUT2D eigenvalue weighted by atomic mass is 9.85. The fourth-order valence-corrected chi connectivity index (χ4v) is 4.78. The van der Waals surface area contributed by atoms with E-state index in [4.69, 9.17) is 4.74 Å². The van der Waals surface area contributed by atoms with Crippen molar-refractivity contribution in [1.82, 2.24) is 0 Å². The highest BCUT2D eigenvalue weighted by molar-refractivity contribution is 7.10. The van der Waals surface area contributed by atoms with E-state index in [-0.39, 0.29) is 22.2 Å². The average molecular weight is 484 g/mol. The number of anilines is 1. The highest BCUT2D eigenvalue weighted by atomic mass is 32.1. The van der Waals surface area contributed by atoms with Crippen LogP contribution in [0, 0.1) is 11.6 Å². The van der Waals surface area contributed by atoms with E-state index in [1.54, 1.807) is 29.6 Å². The van der Waals surface area contributed by atoms with Crippen LogP contribution in [-0.2, 0) is 15.0 Å². The van der Waals surface area contributed by atoms with Gasteiger partial charge in [-0.05, 0) is 46.7 Å². The van der Waals surface area contributed by atoms with Crippen LogP contribution in [0.1, 0.15) is 42.8 Å². The number of methoxy groups -OCH3 is 1. The number of aliphatic hydroxyl groups is 1. The molecule has 1 aromatic heterocycles. The van der Waals surface area contributed by atoms with Crippen LogP contribution in [0.2, 0.25) is 0 Å². The van der Waals surface area contributed by atoms with Gasteiger partial charge in [-0.15, -0.1) is 11.3 Å². The van der Waals surface area contributed by atoms with E-state index in [0.29, 0.717) is 10.6 Å². The number of nitrogens with zero attached hydrogens (tertiary/aromatic N) is 1. The van der Waals surface area contributed by atoms with Gasteiger partial charge in [0.2, 0.25) is 0 Å². The van der Waals surface area contributed by atoms with Gasteiger partial charge in [-0.25, -0.2) is 8.78 Å². The summed E-state index contributed by atoms with van der Waals surface area (Å²) in [5.74, 6) is -4.17. The van der Waals surface area contributed by atoms with Crippen molar-refractivity contribution in [3.8, 4) is 5.75 Å². The minimum absolute atomic E-state index is 0.00820. The number of ether oxygens (including phenoxy) is 1. The Morgan fingerprint density at radius 3 is 2.38 bits per heavy atom. The van der Waals surface area contributed by atoms with Gasteiger partial charge in [-0.2, -0.15) is 0 Å². The Bertz CT molecular complexity index is 1310. The van der Waals surface area contributed by atoms with Gasteiger partial charge in [0.05, 0.1) is 18.2 Å². The van der Waals surface area contributed by atoms with Crippen molar-refractivity contribution in [2.24, 2.45) is 0 Å². The zero-order chi connectivity index (χ0) is 24.8. The monoisotopic (exact) mass is 483 g/mol. The summed E-state index contributed by atoms with van der Waals surface area (Å²) >= 11 is 1.27. The van der Waals surface area contributed by atoms with E-state index < -0.39 is 35.1 Å². The summed E-state index contributed by atoms with van der Waals surface area (Å²) in [5.41, 5.74) is 0.749. The Morgan fingerprint density at radius 2 is 1.79 bits per heavy atom. The third kappa shape index (κ3) is 3.98. The van der Waals surface area contributed by atoms with Crippen LogP contribution < -0.4 is 9.64 Å². The average Bonchev–Trinajstić information content (AvgIpc) is 3.41. The maximum atomic E-state index is 14.0. The number of rotatable bonds is 4. The minimum atomic E-state index is -1.15. The minimum Gasteiger partial charge on any atom is -0.507 e. The first kappa shape index (κ1) is 23.6. The zero-order valence-corrected chi connectivity index (χ0v) is 19.9. The number of carbonyl (C=O) groups excluding carboxylic acids is 2. The van der Waals surface area contributed by atoms with Crippen molar-refractivity contribution in [2.75, 3.05) is 12.0 Å². The number of hydrogen-bond acceptors (Lipinski definition) is 5. The van der Waals surface area contributed by atoms with Crippen molar-refractivity contribution in [3.63, 3.8) is 0 Å². The Balaban J connectivity index is 1.97. The molecular formula is C26H23F2NO4S. The van der Waals surface area contributed by atoms with Crippen LogP contribution >= 0.6 is 11.3 Å². The molecule has 1 N–H and O–H groups in total. The predicted octanol–water partition coefficient (Wildman–Crippen LogP) is 5.96. The van der Waals surface area contributed by atoms with Crippen LogP contribution in [0.3, 0.4) is 0 Å². The molecule has 1 aliphatic heterocycles. The number of Topliss-reactive ketones (excluding diaryl/α,β-unsaturated/α-hetero) is 1. The third-order valence-corrected chi connectivity index (χ3v) is 6.68. The van der Waals surface area contributed by atoms with Gasteiger partial charge in [-0.1, -0.05) is 32.9 Å². The summed E-state index contributed by atoms with van der Waals surface area (Å²) in [4.78, 5) is 28.0. The Labute approximate surface area is 199 Å². The van der Waals surface area contributed by atoms with Gasteiger partial charge >= 0.3 is 0 Å². The van der Waals surface area contributed by atoms with Gasteiger partial charge < -0.3 is 9.84 Å². The van der Waals surface area contributed by atoms with Crippen molar-refractivity contribution in [2.45, 2.75) is 32.2 Å². The van der Waals surface area contributed by atoms with Crippen molar-refractivity contribution < 1.29 is 28.2 Å². The maximum absolute atomic E-state index is 14.0. The van der Waals surface area contributed by atoms with E-state index in [2.05, 4.69) is 0 Å². The fourth-order valence-electron chi connectivity index (χ4n) is 3.95. The highest BCUT2D eigenvalue weighted by Crippen LogP contribution is 2.45. The standard InChI is InChI=1S/C26H23F2NO4S/c1-26(2,3)14-7-10-19(33-4)16(12-14)23(30)21-22(20-6-5-11-34-20)29(25(32)24(21)31)15-8-9-17(27)18(28)13-15/h5-13,22,30H,1-4H3/b23-21+. The van der Waals surface area contributed by atoms with Crippen molar-refractivity contribution in [1.29, 1.82) is 0 Å². The topological polar surface area (TPSA) is 66.8 Å². The number of amides is 1. The molecule has 0 aliphatic carbocycles. The molecule has 176 valence electrons. The molecule has 1 aliphatic rings. The molecule has 0 bridgehead atoms. The quantitative estimate of drug-likeness (QED) is 0.283. The third-order valence-electron chi connectivity index (χ3n) is 5.76. The summed E-state index contributed by atoms with van der Waals surface area (Å²) in [5, 5.41) is 13.2. The number of hydrogen-bond donors (Lipinski definition) is 1. The van der Waals surface area contributed by atoms with Gasteiger partial charge in [0.15, 0.2) is 11.6 Å². The number of aliphatic hydroxyl groups excluding tert-OH is 1. The second-order valence-corrected chi connectivity index (χ2v) is 9.93. The predicted molar refractivity (Wildman–Crippen MR) is 127 cm³/mol. The number of benzene rings is 2. The van der Waals surface area contributed by atoms with Gasteiger partial charge in [-0.3, -0.25) is 14.5 Å². The Morgan fingerprint density at radius 1 is 1.06 bits per heavy atom. The molecule has 4 rings (SSSR count). The van der Waals surface area contributed by atoms with Crippen molar-refractivity contribution in [3.05, 3.63) is 87.1 Å².